The number of rotatable bonds is 5. The van der Waals surface area contributed by atoms with Gasteiger partial charge in [0, 0.05) is 19.5 Å². The van der Waals surface area contributed by atoms with E-state index in [1.165, 1.54) is 0 Å². The quantitative estimate of drug-likeness (QED) is 0.714. The van der Waals surface area contributed by atoms with Crippen molar-refractivity contribution in [1.29, 1.82) is 0 Å². The molecular weight excluding hydrogens is 218 g/mol. The van der Waals surface area contributed by atoms with Gasteiger partial charge < -0.3 is 16.4 Å². The Morgan fingerprint density at radius 3 is 2.76 bits per heavy atom. The highest BCUT2D eigenvalue weighted by molar-refractivity contribution is 5.80. The molecule has 2 atom stereocenters. The summed E-state index contributed by atoms with van der Waals surface area (Å²) in [5.74, 6) is 0.0318. The zero-order chi connectivity index (χ0) is 12.8. The van der Waals surface area contributed by atoms with Crippen molar-refractivity contribution in [2.75, 3.05) is 19.6 Å². The summed E-state index contributed by atoms with van der Waals surface area (Å²) in [6, 6.07) is 0. The molecule has 1 saturated heterocycles. The summed E-state index contributed by atoms with van der Waals surface area (Å²) in [5.41, 5.74) is 10.8. The Hall–Kier alpha value is -1.10. The third kappa shape index (κ3) is 4.34. The van der Waals surface area contributed by atoms with Crippen LogP contribution in [0.4, 0.5) is 0 Å². The van der Waals surface area contributed by atoms with E-state index in [2.05, 4.69) is 0 Å². The first-order valence-corrected chi connectivity index (χ1v) is 6.31. The van der Waals surface area contributed by atoms with E-state index in [4.69, 9.17) is 11.5 Å². The molecule has 1 aliphatic heterocycles. The second-order valence-corrected chi connectivity index (χ2v) is 4.96. The number of carbonyl (C=O) groups is 2. The Kier molecular flexibility index (Phi) is 5.41. The van der Waals surface area contributed by atoms with Crippen molar-refractivity contribution in [1.82, 2.24) is 4.90 Å². The molecule has 1 heterocycles. The van der Waals surface area contributed by atoms with Crippen LogP contribution in [0.2, 0.25) is 0 Å². The van der Waals surface area contributed by atoms with Gasteiger partial charge in [0.05, 0.1) is 5.92 Å². The maximum Gasteiger partial charge on any atom is 0.222 e. The predicted molar refractivity (Wildman–Crippen MR) is 66.0 cm³/mol. The molecule has 5 nitrogen and oxygen atoms in total. The summed E-state index contributed by atoms with van der Waals surface area (Å²) >= 11 is 0. The Bertz CT molecular complexity index is 281. The standard InChI is InChI=1S/C12H23N3O2/c1-9(7-13)4-5-11(16)15-6-2-3-10(8-15)12(14)17/h9-10H,2-8,13H2,1H3,(H2,14,17). The summed E-state index contributed by atoms with van der Waals surface area (Å²) in [5, 5.41) is 0. The van der Waals surface area contributed by atoms with E-state index in [1.807, 2.05) is 6.92 Å². The van der Waals surface area contributed by atoms with Crippen molar-refractivity contribution in [3.05, 3.63) is 0 Å². The molecule has 0 aromatic rings. The number of nitrogens with two attached hydrogens (primary N) is 2. The van der Waals surface area contributed by atoms with Crippen molar-refractivity contribution >= 4 is 11.8 Å². The van der Waals surface area contributed by atoms with Gasteiger partial charge in [0.2, 0.25) is 11.8 Å². The largest absolute Gasteiger partial charge is 0.369 e. The lowest BCUT2D eigenvalue weighted by molar-refractivity contribution is -0.135. The lowest BCUT2D eigenvalue weighted by Gasteiger charge is -2.31. The number of likely N-dealkylation sites (tertiary alicyclic amines) is 1. The van der Waals surface area contributed by atoms with E-state index in [0.29, 0.717) is 25.4 Å². The van der Waals surface area contributed by atoms with Gasteiger partial charge in [-0.2, -0.15) is 0 Å². The molecule has 1 rings (SSSR count). The first kappa shape index (κ1) is 14.0. The summed E-state index contributed by atoms with van der Waals surface area (Å²) < 4.78 is 0. The number of nitrogens with zero attached hydrogens (tertiary/aromatic N) is 1. The van der Waals surface area contributed by atoms with Gasteiger partial charge >= 0.3 is 0 Å². The van der Waals surface area contributed by atoms with Crippen molar-refractivity contribution in [3.63, 3.8) is 0 Å². The average Bonchev–Trinajstić information content (AvgIpc) is 2.35. The van der Waals surface area contributed by atoms with Crippen LogP contribution in [0, 0.1) is 11.8 Å². The van der Waals surface area contributed by atoms with Crippen molar-refractivity contribution in [2.45, 2.75) is 32.6 Å². The zero-order valence-electron chi connectivity index (χ0n) is 10.5. The molecule has 0 aliphatic carbocycles. The minimum atomic E-state index is -0.294. The van der Waals surface area contributed by atoms with Gasteiger partial charge in [-0.15, -0.1) is 0 Å². The topological polar surface area (TPSA) is 89.4 Å². The number of hydrogen-bond acceptors (Lipinski definition) is 3. The second-order valence-electron chi connectivity index (χ2n) is 4.96. The van der Waals surface area contributed by atoms with Crippen LogP contribution >= 0.6 is 0 Å². The molecule has 2 unspecified atom stereocenters. The molecule has 5 heteroatoms. The summed E-state index contributed by atoms with van der Waals surface area (Å²) in [6.45, 7) is 3.89. The van der Waals surface area contributed by atoms with Crippen LogP contribution < -0.4 is 11.5 Å². The van der Waals surface area contributed by atoms with Gasteiger partial charge in [0.25, 0.3) is 0 Å². The van der Waals surface area contributed by atoms with E-state index in [0.717, 1.165) is 25.8 Å². The Balaban J connectivity index is 2.38. The monoisotopic (exact) mass is 241 g/mol. The molecule has 1 aliphatic rings. The van der Waals surface area contributed by atoms with Gasteiger partial charge in [-0.25, -0.2) is 0 Å². The van der Waals surface area contributed by atoms with Crippen molar-refractivity contribution < 1.29 is 9.59 Å². The Morgan fingerprint density at radius 2 is 2.18 bits per heavy atom. The minimum absolute atomic E-state index is 0.122. The van der Waals surface area contributed by atoms with Crippen LogP contribution in [0.1, 0.15) is 32.6 Å². The predicted octanol–water partition coefficient (Wildman–Crippen LogP) is 0.0853. The maximum absolute atomic E-state index is 11.9. The van der Waals surface area contributed by atoms with Gasteiger partial charge in [-0.1, -0.05) is 6.92 Å². The number of piperidine rings is 1. The molecule has 2 amide bonds. The number of primary amides is 1. The smallest absolute Gasteiger partial charge is 0.222 e. The molecule has 0 bridgehead atoms. The van der Waals surface area contributed by atoms with E-state index >= 15 is 0 Å². The second kappa shape index (κ2) is 6.59. The summed E-state index contributed by atoms with van der Waals surface area (Å²) in [6.07, 6.45) is 3.00. The number of hydrogen-bond donors (Lipinski definition) is 2. The first-order chi connectivity index (χ1) is 8.04. The van der Waals surface area contributed by atoms with Crippen LogP contribution in [0.25, 0.3) is 0 Å². The molecular formula is C12H23N3O2. The fraction of sp³-hybridized carbons (Fsp3) is 0.833. The molecule has 98 valence electrons. The Labute approximate surface area is 103 Å². The number of amides is 2. The van der Waals surface area contributed by atoms with Crippen LogP contribution in [0.5, 0.6) is 0 Å². The van der Waals surface area contributed by atoms with Crippen molar-refractivity contribution in [3.8, 4) is 0 Å². The molecule has 4 N–H and O–H groups in total. The molecule has 0 saturated carbocycles. The van der Waals surface area contributed by atoms with E-state index in [1.54, 1.807) is 4.90 Å². The maximum atomic E-state index is 11.9. The fourth-order valence-corrected chi connectivity index (χ4v) is 2.08. The van der Waals surface area contributed by atoms with Gasteiger partial charge in [-0.3, -0.25) is 9.59 Å². The van der Waals surface area contributed by atoms with Gasteiger partial charge in [-0.05, 0) is 31.7 Å². The molecule has 0 radical (unpaired) electrons. The van der Waals surface area contributed by atoms with Gasteiger partial charge in [0.1, 0.15) is 0 Å². The van der Waals surface area contributed by atoms with Crippen molar-refractivity contribution in [2.24, 2.45) is 23.3 Å². The fourth-order valence-electron chi connectivity index (χ4n) is 2.08. The average molecular weight is 241 g/mol. The highest BCUT2D eigenvalue weighted by Crippen LogP contribution is 2.17. The lowest BCUT2D eigenvalue weighted by atomic mass is 9.96. The van der Waals surface area contributed by atoms with E-state index in [-0.39, 0.29) is 17.7 Å². The third-order valence-corrected chi connectivity index (χ3v) is 3.43. The Morgan fingerprint density at radius 1 is 1.47 bits per heavy atom. The molecule has 0 spiro atoms. The highest BCUT2D eigenvalue weighted by atomic mass is 16.2. The SMILES string of the molecule is CC(CN)CCC(=O)N1CCCC(C(N)=O)C1. The van der Waals surface area contributed by atoms with Crippen LogP contribution in [-0.4, -0.2) is 36.3 Å². The number of carbonyl (C=O) groups excluding carboxylic acids is 2. The van der Waals surface area contributed by atoms with Crippen LogP contribution in [0.15, 0.2) is 0 Å². The van der Waals surface area contributed by atoms with E-state index in [9.17, 15) is 9.59 Å². The van der Waals surface area contributed by atoms with Gasteiger partial charge in [0.15, 0.2) is 0 Å². The first-order valence-electron chi connectivity index (χ1n) is 6.31. The zero-order valence-corrected chi connectivity index (χ0v) is 10.5. The highest BCUT2D eigenvalue weighted by Gasteiger charge is 2.26. The molecule has 0 aromatic carbocycles. The van der Waals surface area contributed by atoms with Crippen LogP contribution in [-0.2, 0) is 9.59 Å². The molecule has 1 fully saturated rings. The lowest BCUT2D eigenvalue weighted by Crippen LogP contribution is -2.44. The molecule has 17 heavy (non-hydrogen) atoms. The summed E-state index contributed by atoms with van der Waals surface area (Å²) in [4.78, 5) is 24.8. The minimum Gasteiger partial charge on any atom is -0.369 e. The third-order valence-electron chi connectivity index (χ3n) is 3.43. The normalized spacial score (nSPS) is 22.2. The van der Waals surface area contributed by atoms with Crippen LogP contribution in [0.3, 0.4) is 0 Å². The summed E-state index contributed by atoms with van der Waals surface area (Å²) in [7, 11) is 0. The van der Waals surface area contributed by atoms with E-state index < -0.39 is 0 Å². The molecule has 0 aromatic heterocycles.